The number of aliphatic hydroxyl groups is 2. The Balaban J connectivity index is 2.10. The van der Waals surface area contributed by atoms with Gasteiger partial charge in [0.1, 0.15) is 12.2 Å². The second-order valence-electron chi connectivity index (χ2n) is 7.30. The first kappa shape index (κ1) is 18.1. The predicted molar refractivity (Wildman–Crippen MR) is 83.3 cm³/mol. The summed E-state index contributed by atoms with van der Waals surface area (Å²) >= 11 is 0. The van der Waals surface area contributed by atoms with Gasteiger partial charge in [-0.05, 0) is 25.7 Å². The van der Waals surface area contributed by atoms with E-state index in [0.29, 0.717) is 11.8 Å². The first-order chi connectivity index (χ1) is 10.3. The maximum atomic E-state index is 10.5. The van der Waals surface area contributed by atoms with Crippen LogP contribution in [0.4, 0.5) is 0 Å². The lowest BCUT2D eigenvalue weighted by Gasteiger charge is -2.47. The summed E-state index contributed by atoms with van der Waals surface area (Å²) in [6, 6.07) is 0. The average Bonchev–Trinajstić information content (AvgIpc) is 2.50. The van der Waals surface area contributed by atoms with Gasteiger partial charge in [0.15, 0.2) is 6.29 Å². The molecule has 0 saturated carbocycles. The molecule has 2 saturated heterocycles. The second-order valence-corrected chi connectivity index (χ2v) is 7.30. The van der Waals surface area contributed by atoms with Gasteiger partial charge >= 0.3 is 0 Å². The maximum Gasteiger partial charge on any atom is 0.161 e. The lowest BCUT2D eigenvalue weighted by Crippen LogP contribution is -2.58. The molecule has 0 aromatic carbocycles. The molecule has 2 rings (SSSR count). The number of rotatable bonds is 3. The van der Waals surface area contributed by atoms with E-state index in [1.807, 2.05) is 13.8 Å². The van der Waals surface area contributed by atoms with Gasteiger partial charge in [0.05, 0.1) is 24.9 Å². The van der Waals surface area contributed by atoms with Crippen LogP contribution in [0.3, 0.4) is 0 Å². The normalized spacial score (nSPS) is 53.5. The zero-order chi connectivity index (χ0) is 16.6. The van der Waals surface area contributed by atoms with Crippen LogP contribution in [0, 0.1) is 23.7 Å². The van der Waals surface area contributed by atoms with Gasteiger partial charge in [0, 0.05) is 11.8 Å². The second kappa shape index (κ2) is 7.14. The summed E-state index contributed by atoms with van der Waals surface area (Å²) in [5.41, 5.74) is 0. The number of aliphatic hydroxyl groups excluding tert-OH is 2. The summed E-state index contributed by atoms with van der Waals surface area (Å²) < 4.78 is 17.9. The van der Waals surface area contributed by atoms with Crippen molar-refractivity contribution in [2.75, 3.05) is 6.61 Å². The molecule has 5 heteroatoms. The first-order valence-corrected chi connectivity index (χ1v) is 8.53. The Labute approximate surface area is 133 Å². The lowest BCUT2D eigenvalue weighted by atomic mass is 9.79. The van der Waals surface area contributed by atoms with E-state index in [-0.39, 0.29) is 36.9 Å². The van der Waals surface area contributed by atoms with Crippen molar-refractivity contribution in [3.8, 4) is 0 Å². The highest BCUT2D eigenvalue weighted by molar-refractivity contribution is 4.91. The van der Waals surface area contributed by atoms with E-state index in [4.69, 9.17) is 14.2 Å². The van der Waals surface area contributed by atoms with Gasteiger partial charge in [-0.25, -0.2) is 0 Å². The van der Waals surface area contributed by atoms with Crippen molar-refractivity contribution in [2.45, 2.75) is 78.4 Å². The van der Waals surface area contributed by atoms with Crippen LogP contribution in [-0.2, 0) is 14.2 Å². The Morgan fingerprint density at radius 2 is 1.41 bits per heavy atom. The van der Waals surface area contributed by atoms with Gasteiger partial charge in [-0.3, -0.25) is 0 Å². The Bertz CT molecular complexity index is 361. The molecule has 22 heavy (non-hydrogen) atoms. The maximum absolute atomic E-state index is 10.5. The van der Waals surface area contributed by atoms with Crippen LogP contribution < -0.4 is 0 Å². The van der Waals surface area contributed by atoms with Gasteiger partial charge < -0.3 is 24.4 Å². The fourth-order valence-corrected chi connectivity index (χ4v) is 3.51. The van der Waals surface area contributed by atoms with E-state index < -0.39 is 18.3 Å². The van der Waals surface area contributed by atoms with E-state index in [9.17, 15) is 10.2 Å². The van der Waals surface area contributed by atoms with Crippen molar-refractivity contribution in [3.05, 3.63) is 0 Å². The molecule has 2 heterocycles. The third-order valence-corrected chi connectivity index (χ3v) is 6.02. The quantitative estimate of drug-likeness (QED) is 0.831. The van der Waals surface area contributed by atoms with Crippen LogP contribution in [0.25, 0.3) is 0 Å². The molecular weight excluding hydrogens is 284 g/mol. The van der Waals surface area contributed by atoms with E-state index in [1.54, 1.807) is 0 Å². The fourth-order valence-electron chi connectivity index (χ4n) is 3.51. The van der Waals surface area contributed by atoms with Gasteiger partial charge in [0.2, 0.25) is 0 Å². The molecule has 0 aromatic rings. The topological polar surface area (TPSA) is 68.2 Å². The predicted octanol–water partition coefficient (Wildman–Crippen LogP) is 1.80. The molecular formula is C17H32O5. The van der Waals surface area contributed by atoms with Crippen molar-refractivity contribution in [3.63, 3.8) is 0 Å². The highest BCUT2D eigenvalue weighted by Crippen LogP contribution is 2.37. The van der Waals surface area contributed by atoms with Crippen LogP contribution in [0.15, 0.2) is 0 Å². The molecule has 0 aromatic heterocycles. The molecule has 0 spiro atoms. The fraction of sp³-hybridized carbons (Fsp3) is 1.00. The van der Waals surface area contributed by atoms with Crippen molar-refractivity contribution in [2.24, 2.45) is 23.7 Å². The van der Waals surface area contributed by atoms with Crippen molar-refractivity contribution >= 4 is 0 Å². The number of hydrogen-bond acceptors (Lipinski definition) is 5. The molecule has 2 N–H and O–H groups in total. The van der Waals surface area contributed by atoms with Crippen LogP contribution in [0.2, 0.25) is 0 Å². The van der Waals surface area contributed by atoms with Crippen LogP contribution in [-0.4, -0.2) is 53.6 Å². The molecule has 0 aliphatic carbocycles. The number of ether oxygens (including phenoxy) is 3. The van der Waals surface area contributed by atoms with Crippen molar-refractivity contribution in [1.29, 1.82) is 0 Å². The van der Waals surface area contributed by atoms with Gasteiger partial charge in [-0.15, -0.1) is 0 Å². The van der Waals surface area contributed by atoms with Crippen LogP contribution in [0.5, 0.6) is 0 Å². The van der Waals surface area contributed by atoms with Gasteiger partial charge in [0.25, 0.3) is 0 Å². The highest BCUT2D eigenvalue weighted by Gasteiger charge is 2.46. The minimum Gasteiger partial charge on any atom is -0.394 e. The third-order valence-electron chi connectivity index (χ3n) is 6.02. The lowest BCUT2D eigenvalue weighted by molar-refractivity contribution is -0.307. The molecule has 10 atom stereocenters. The number of hydrogen-bond donors (Lipinski definition) is 2. The van der Waals surface area contributed by atoms with Crippen LogP contribution in [0.1, 0.15) is 41.5 Å². The first-order valence-electron chi connectivity index (χ1n) is 8.53. The molecule has 6 unspecified atom stereocenters. The molecule has 2 fully saturated rings. The van der Waals surface area contributed by atoms with E-state index >= 15 is 0 Å². The summed E-state index contributed by atoms with van der Waals surface area (Å²) in [7, 11) is 0. The van der Waals surface area contributed by atoms with Crippen molar-refractivity contribution < 1.29 is 24.4 Å². The van der Waals surface area contributed by atoms with Gasteiger partial charge in [-0.2, -0.15) is 0 Å². The molecule has 5 nitrogen and oxygen atoms in total. The Morgan fingerprint density at radius 1 is 0.818 bits per heavy atom. The summed E-state index contributed by atoms with van der Waals surface area (Å²) in [6.45, 7) is 12.3. The minimum atomic E-state index is -0.665. The van der Waals surface area contributed by atoms with Crippen LogP contribution >= 0.6 is 0 Å². The van der Waals surface area contributed by atoms with Crippen molar-refractivity contribution in [1.82, 2.24) is 0 Å². The largest absolute Gasteiger partial charge is 0.394 e. The Kier molecular flexibility index (Phi) is 5.89. The molecule has 0 bridgehead atoms. The smallest absolute Gasteiger partial charge is 0.161 e. The third kappa shape index (κ3) is 3.34. The minimum absolute atomic E-state index is 0.0412. The molecule has 130 valence electrons. The average molecular weight is 316 g/mol. The summed E-state index contributed by atoms with van der Waals surface area (Å²) in [4.78, 5) is 0. The standard InChI is InChI=1S/C17H32O5/c1-8-9(2)12(5)21-17(10(8)3)22-16-14(7-18)20-13(6)11(4)15(16)19/h8-19H,7H2,1-6H3/t8?,9-,10?,11?,12?,13?,14?,15+,16+,17-/m0/s1. The molecule has 0 amide bonds. The van der Waals surface area contributed by atoms with E-state index in [0.717, 1.165) is 0 Å². The van der Waals surface area contributed by atoms with Gasteiger partial charge in [-0.1, -0.05) is 27.7 Å². The SMILES string of the molecule is CC1OC(CO)[C@@H](O[C@@H]2OC(C)[C@@H](C)C(C)C2C)[C@H](O)C1C. The summed E-state index contributed by atoms with van der Waals surface area (Å²) in [5, 5.41) is 20.1. The monoisotopic (exact) mass is 316 g/mol. The van der Waals surface area contributed by atoms with E-state index in [1.165, 1.54) is 0 Å². The molecule has 0 radical (unpaired) electrons. The van der Waals surface area contributed by atoms with E-state index in [2.05, 4.69) is 27.7 Å². The zero-order valence-corrected chi connectivity index (χ0v) is 14.6. The molecule has 2 aliphatic heterocycles. The summed E-state index contributed by atoms with van der Waals surface area (Å²) in [5.74, 6) is 1.13. The zero-order valence-electron chi connectivity index (χ0n) is 14.6. The molecule has 2 aliphatic rings. The highest BCUT2D eigenvalue weighted by atomic mass is 16.7. The Morgan fingerprint density at radius 3 is 2.00 bits per heavy atom. The Hall–Kier alpha value is -0.200. The summed E-state index contributed by atoms with van der Waals surface area (Å²) in [6.07, 6.45) is -2.10.